The molecule has 3 nitrogen and oxygen atoms in total. The zero-order valence-corrected chi connectivity index (χ0v) is 7.66. The van der Waals surface area contributed by atoms with Gasteiger partial charge in [0.2, 0.25) is 0 Å². The molecule has 0 atom stereocenters. The number of benzene rings is 1. The first-order chi connectivity index (χ1) is 6.81. The zero-order chi connectivity index (χ0) is 9.97. The number of hydrogen-bond donors (Lipinski definition) is 0. The number of ether oxygens (including phenoxy) is 2. The molecule has 2 rings (SSSR count). The lowest BCUT2D eigenvalue weighted by Gasteiger charge is -2.05. The Labute approximate surface area is 81.9 Å². The molecule has 72 valence electrons. The Bertz CT molecular complexity index is 382. The van der Waals surface area contributed by atoms with Crippen molar-refractivity contribution in [2.45, 2.75) is 6.42 Å². The maximum absolute atomic E-state index is 11.0. The number of carbonyl (C=O) groups excluding carboxylic acids is 1. The highest BCUT2D eigenvalue weighted by Crippen LogP contribution is 2.33. The predicted molar refractivity (Wildman–Crippen MR) is 51.5 cm³/mol. The monoisotopic (exact) mass is 190 g/mol. The first-order valence-electron chi connectivity index (χ1n) is 4.40. The average Bonchev–Trinajstić information content (AvgIpc) is 2.66. The Balaban J connectivity index is 2.30. The molecular weight excluding hydrogens is 180 g/mol. The van der Waals surface area contributed by atoms with E-state index in [-0.39, 0.29) is 0 Å². The minimum absolute atomic E-state index is 0.440. The van der Waals surface area contributed by atoms with Crippen LogP contribution in [-0.2, 0) is 11.2 Å². The summed E-state index contributed by atoms with van der Waals surface area (Å²) in [6.07, 6.45) is 1.94. The van der Waals surface area contributed by atoms with Crippen LogP contribution in [0.2, 0.25) is 0 Å². The summed E-state index contributed by atoms with van der Waals surface area (Å²) < 4.78 is 10.4. The van der Waals surface area contributed by atoms with Gasteiger partial charge in [0.05, 0.1) is 6.61 Å². The minimum Gasteiger partial charge on any atom is -0.493 e. The molecule has 14 heavy (non-hydrogen) atoms. The van der Waals surface area contributed by atoms with Crippen LogP contribution in [0.3, 0.4) is 0 Å². The van der Waals surface area contributed by atoms with Crippen molar-refractivity contribution in [2.75, 3.05) is 6.61 Å². The van der Waals surface area contributed by atoms with Gasteiger partial charge < -0.3 is 9.47 Å². The summed E-state index contributed by atoms with van der Waals surface area (Å²) >= 11 is 0. The molecule has 0 radical (unpaired) electrons. The topological polar surface area (TPSA) is 35.5 Å². The van der Waals surface area contributed by atoms with E-state index in [2.05, 4.69) is 6.58 Å². The first kappa shape index (κ1) is 8.81. The SMILES string of the molecule is C=CC(=O)Oc1cccc2c1CCO2. The molecule has 3 heteroatoms. The Kier molecular flexibility index (Phi) is 2.23. The van der Waals surface area contributed by atoms with Gasteiger partial charge in [-0.25, -0.2) is 4.79 Å². The van der Waals surface area contributed by atoms with Crippen molar-refractivity contribution >= 4 is 5.97 Å². The summed E-state index contributed by atoms with van der Waals surface area (Å²) in [5.74, 6) is 0.939. The van der Waals surface area contributed by atoms with Gasteiger partial charge in [0.25, 0.3) is 0 Å². The van der Waals surface area contributed by atoms with Crippen LogP contribution in [0.15, 0.2) is 30.9 Å². The standard InChI is InChI=1S/C11H10O3/c1-2-11(12)14-10-5-3-4-9-8(10)6-7-13-9/h2-5H,1,6-7H2. The Hall–Kier alpha value is -1.77. The third kappa shape index (κ3) is 1.48. The van der Waals surface area contributed by atoms with Crippen LogP contribution in [0.25, 0.3) is 0 Å². The molecule has 0 unspecified atom stereocenters. The van der Waals surface area contributed by atoms with E-state index in [9.17, 15) is 4.79 Å². The third-order valence-corrected chi connectivity index (χ3v) is 2.08. The second-order valence-electron chi connectivity index (χ2n) is 2.96. The first-order valence-corrected chi connectivity index (χ1v) is 4.40. The molecule has 1 aliphatic rings. The van der Waals surface area contributed by atoms with Gasteiger partial charge >= 0.3 is 5.97 Å². The highest BCUT2D eigenvalue weighted by atomic mass is 16.5. The molecule has 0 aromatic heterocycles. The molecular formula is C11H10O3. The van der Waals surface area contributed by atoms with E-state index in [1.807, 2.05) is 6.07 Å². The van der Waals surface area contributed by atoms with Crippen molar-refractivity contribution in [3.8, 4) is 11.5 Å². The molecule has 0 saturated carbocycles. The van der Waals surface area contributed by atoms with Gasteiger partial charge in [-0.2, -0.15) is 0 Å². The number of carbonyl (C=O) groups is 1. The number of esters is 1. The van der Waals surface area contributed by atoms with Gasteiger partial charge in [-0.15, -0.1) is 0 Å². The van der Waals surface area contributed by atoms with E-state index in [4.69, 9.17) is 9.47 Å². The fourth-order valence-corrected chi connectivity index (χ4v) is 1.44. The molecule has 0 saturated heterocycles. The van der Waals surface area contributed by atoms with Gasteiger partial charge in [0, 0.05) is 18.1 Å². The smallest absolute Gasteiger partial charge is 0.335 e. The summed E-state index contributed by atoms with van der Waals surface area (Å²) in [7, 11) is 0. The third-order valence-electron chi connectivity index (χ3n) is 2.08. The average molecular weight is 190 g/mol. The van der Waals surface area contributed by atoms with Crippen LogP contribution in [0.4, 0.5) is 0 Å². The largest absolute Gasteiger partial charge is 0.493 e. The van der Waals surface area contributed by atoms with Crippen LogP contribution in [0, 0.1) is 0 Å². The second-order valence-corrected chi connectivity index (χ2v) is 2.96. The number of fused-ring (bicyclic) bond motifs is 1. The van der Waals surface area contributed by atoms with Crippen molar-refractivity contribution in [1.29, 1.82) is 0 Å². The maximum atomic E-state index is 11.0. The predicted octanol–water partition coefficient (Wildman–Crippen LogP) is 1.71. The summed E-state index contributed by atoms with van der Waals surface area (Å²) in [5.41, 5.74) is 0.961. The quantitative estimate of drug-likeness (QED) is 0.404. The lowest BCUT2D eigenvalue weighted by atomic mass is 10.1. The molecule has 1 aromatic rings. The number of hydrogen-bond acceptors (Lipinski definition) is 3. The highest BCUT2D eigenvalue weighted by molar-refractivity contribution is 5.83. The summed E-state index contributed by atoms with van der Waals surface area (Å²) in [6.45, 7) is 4.00. The van der Waals surface area contributed by atoms with E-state index < -0.39 is 5.97 Å². The summed E-state index contributed by atoms with van der Waals surface area (Å²) in [4.78, 5) is 11.0. The van der Waals surface area contributed by atoms with Gasteiger partial charge in [0.1, 0.15) is 11.5 Å². The molecule has 1 aromatic carbocycles. The summed E-state index contributed by atoms with van der Waals surface area (Å²) in [5, 5.41) is 0. The van der Waals surface area contributed by atoms with Gasteiger partial charge in [0.15, 0.2) is 0 Å². The lowest BCUT2D eigenvalue weighted by molar-refractivity contribution is -0.129. The Morgan fingerprint density at radius 1 is 1.57 bits per heavy atom. The number of rotatable bonds is 2. The van der Waals surface area contributed by atoms with Crippen molar-refractivity contribution in [3.05, 3.63) is 36.4 Å². The molecule has 0 fully saturated rings. The lowest BCUT2D eigenvalue weighted by Crippen LogP contribution is -2.04. The van der Waals surface area contributed by atoms with Crippen LogP contribution in [0.1, 0.15) is 5.56 Å². The molecule has 1 heterocycles. The molecule has 0 spiro atoms. The highest BCUT2D eigenvalue weighted by Gasteiger charge is 2.17. The fourth-order valence-electron chi connectivity index (χ4n) is 1.44. The van der Waals surface area contributed by atoms with E-state index in [0.29, 0.717) is 12.4 Å². The van der Waals surface area contributed by atoms with Crippen LogP contribution in [-0.4, -0.2) is 12.6 Å². The summed E-state index contributed by atoms with van der Waals surface area (Å²) in [6, 6.07) is 5.43. The molecule has 0 N–H and O–H groups in total. The van der Waals surface area contributed by atoms with Crippen molar-refractivity contribution < 1.29 is 14.3 Å². The Morgan fingerprint density at radius 2 is 2.43 bits per heavy atom. The van der Waals surface area contributed by atoms with Gasteiger partial charge in [-0.05, 0) is 12.1 Å². The maximum Gasteiger partial charge on any atom is 0.335 e. The molecule has 0 aliphatic carbocycles. The Morgan fingerprint density at radius 3 is 3.21 bits per heavy atom. The van der Waals surface area contributed by atoms with Crippen LogP contribution in [0.5, 0.6) is 11.5 Å². The molecule has 0 amide bonds. The van der Waals surface area contributed by atoms with Crippen molar-refractivity contribution in [3.63, 3.8) is 0 Å². The van der Waals surface area contributed by atoms with Crippen molar-refractivity contribution in [1.82, 2.24) is 0 Å². The van der Waals surface area contributed by atoms with Crippen LogP contribution >= 0.6 is 0 Å². The van der Waals surface area contributed by atoms with E-state index in [0.717, 1.165) is 23.8 Å². The normalized spacial score (nSPS) is 12.9. The minimum atomic E-state index is -0.440. The fraction of sp³-hybridized carbons (Fsp3) is 0.182. The zero-order valence-electron chi connectivity index (χ0n) is 7.66. The second kappa shape index (κ2) is 3.54. The molecule has 0 bridgehead atoms. The van der Waals surface area contributed by atoms with Gasteiger partial charge in [-0.3, -0.25) is 0 Å². The molecule has 1 aliphatic heterocycles. The van der Waals surface area contributed by atoms with Crippen molar-refractivity contribution in [2.24, 2.45) is 0 Å². The van der Waals surface area contributed by atoms with E-state index in [1.54, 1.807) is 12.1 Å². The van der Waals surface area contributed by atoms with E-state index >= 15 is 0 Å². The van der Waals surface area contributed by atoms with Crippen LogP contribution < -0.4 is 9.47 Å². The van der Waals surface area contributed by atoms with Gasteiger partial charge in [-0.1, -0.05) is 12.6 Å². The van der Waals surface area contributed by atoms with E-state index in [1.165, 1.54) is 0 Å².